The summed E-state index contributed by atoms with van der Waals surface area (Å²) in [7, 11) is 1.96. The van der Waals surface area contributed by atoms with Crippen LogP contribution in [0.1, 0.15) is 31.1 Å². The molecule has 0 spiro atoms. The summed E-state index contributed by atoms with van der Waals surface area (Å²) in [5.74, 6) is 0. The standard InChI is InChI=1S/C16H21N5/c1-4-21-16-8-6-5-7-14(16)15(19-21)11-20-10-13(9-18-20)12(2)17-3/h5-10,12,17H,4,11H2,1-3H3. The van der Waals surface area contributed by atoms with Crippen LogP contribution in [0.3, 0.4) is 0 Å². The molecule has 0 fully saturated rings. The molecule has 1 unspecified atom stereocenters. The Bertz CT molecular complexity index is 740. The normalized spacial score (nSPS) is 12.9. The van der Waals surface area contributed by atoms with Crippen molar-refractivity contribution < 1.29 is 0 Å². The number of nitrogens with one attached hydrogen (secondary N) is 1. The zero-order valence-electron chi connectivity index (χ0n) is 12.7. The van der Waals surface area contributed by atoms with E-state index in [4.69, 9.17) is 5.10 Å². The lowest BCUT2D eigenvalue weighted by molar-refractivity contribution is 0.623. The van der Waals surface area contributed by atoms with E-state index in [1.54, 1.807) is 0 Å². The fourth-order valence-electron chi connectivity index (χ4n) is 2.56. The Balaban J connectivity index is 1.93. The van der Waals surface area contributed by atoms with E-state index in [1.165, 1.54) is 16.5 Å². The van der Waals surface area contributed by atoms with E-state index < -0.39 is 0 Å². The Kier molecular flexibility index (Phi) is 3.75. The molecule has 0 aliphatic rings. The minimum absolute atomic E-state index is 0.309. The van der Waals surface area contributed by atoms with Crippen molar-refractivity contribution in [3.8, 4) is 0 Å². The number of nitrogens with zero attached hydrogens (tertiary/aromatic N) is 4. The van der Waals surface area contributed by atoms with Gasteiger partial charge in [0.1, 0.15) is 0 Å². The number of hydrogen-bond acceptors (Lipinski definition) is 3. The van der Waals surface area contributed by atoms with Crippen molar-refractivity contribution in [1.82, 2.24) is 24.9 Å². The van der Waals surface area contributed by atoms with E-state index in [9.17, 15) is 0 Å². The van der Waals surface area contributed by atoms with Gasteiger partial charge in [0.2, 0.25) is 0 Å². The lowest BCUT2D eigenvalue weighted by Gasteiger charge is -2.05. The fourth-order valence-corrected chi connectivity index (χ4v) is 2.56. The molecule has 1 atom stereocenters. The Morgan fingerprint density at radius 1 is 1.29 bits per heavy atom. The molecule has 1 aromatic carbocycles. The number of para-hydroxylation sites is 1. The highest BCUT2D eigenvalue weighted by Gasteiger charge is 2.11. The second kappa shape index (κ2) is 5.69. The topological polar surface area (TPSA) is 47.7 Å². The molecule has 3 aromatic rings. The molecule has 0 saturated carbocycles. The summed E-state index contributed by atoms with van der Waals surface area (Å²) in [6.07, 6.45) is 4.00. The molecule has 0 amide bonds. The van der Waals surface area contributed by atoms with Crippen LogP contribution in [0.2, 0.25) is 0 Å². The van der Waals surface area contributed by atoms with Crippen LogP contribution in [0.4, 0.5) is 0 Å². The number of hydrogen-bond donors (Lipinski definition) is 1. The molecule has 5 nitrogen and oxygen atoms in total. The van der Waals surface area contributed by atoms with Gasteiger partial charge in [0.15, 0.2) is 0 Å². The van der Waals surface area contributed by atoms with Crippen molar-refractivity contribution in [2.75, 3.05) is 7.05 Å². The predicted octanol–water partition coefficient (Wildman–Crippen LogP) is 2.58. The first-order valence-electron chi connectivity index (χ1n) is 7.37. The van der Waals surface area contributed by atoms with Crippen LogP contribution in [-0.4, -0.2) is 26.6 Å². The number of rotatable bonds is 5. The zero-order chi connectivity index (χ0) is 14.8. The van der Waals surface area contributed by atoms with Gasteiger partial charge in [0, 0.05) is 29.7 Å². The summed E-state index contributed by atoms with van der Waals surface area (Å²) in [6.45, 7) is 5.82. The van der Waals surface area contributed by atoms with Crippen LogP contribution < -0.4 is 5.32 Å². The Morgan fingerprint density at radius 2 is 2.10 bits per heavy atom. The van der Waals surface area contributed by atoms with Gasteiger partial charge >= 0.3 is 0 Å². The predicted molar refractivity (Wildman–Crippen MR) is 84.2 cm³/mol. The van der Waals surface area contributed by atoms with E-state index in [0.717, 1.165) is 12.2 Å². The van der Waals surface area contributed by atoms with E-state index in [0.29, 0.717) is 12.6 Å². The van der Waals surface area contributed by atoms with Crippen molar-refractivity contribution in [2.24, 2.45) is 0 Å². The lowest BCUT2D eigenvalue weighted by Crippen LogP contribution is -2.11. The molecule has 0 aliphatic carbocycles. The van der Waals surface area contributed by atoms with Crippen LogP contribution in [0.25, 0.3) is 10.9 Å². The van der Waals surface area contributed by atoms with E-state index >= 15 is 0 Å². The fraction of sp³-hybridized carbons (Fsp3) is 0.375. The molecule has 0 saturated heterocycles. The van der Waals surface area contributed by atoms with E-state index in [-0.39, 0.29) is 0 Å². The Morgan fingerprint density at radius 3 is 2.86 bits per heavy atom. The largest absolute Gasteiger partial charge is 0.313 e. The molecule has 0 radical (unpaired) electrons. The van der Waals surface area contributed by atoms with Crippen LogP contribution in [0.5, 0.6) is 0 Å². The third-order valence-corrected chi connectivity index (χ3v) is 3.93. The van der Waals surface area contributed by atoms with Crippen molar-refractivity contribution in [3.63, 3.8) is 0 Å². The van der Waals surface area contributed by atoms with Crippen molar-refractivity contribution in [2.45, 2.75) is 33.0 Å². The average molecular weight is 283 g/mol. The molecule has 110 valence electrons. The Hall–Kier alpha value is -2.14. The SMILES string of the molecule is CCn1nc(Cn2cc(C(C)NC)cn2)c2ccccc21. The summed E-state index contributed by atoms with van der Waals surface area (Å²) in [5, 5.41) is 13.6. The summed E-state index contributed by atoms with van der Waals surface area (Å²) in [4.78, 5) is 0. The molecule has 0 bridgehead atoms. The smallest absolute Gasteiger partial charge is 0.0918 e. The van der Waals surface area contributed by atoms with Crippen LogP contribution >= 0.6 is 0 Å². The van der Waals surface area contributed by atoms with E-state index in [2.05, 4.69) is 54.7 Å². The molecule has 3 rings (SSSR count). The highest BCUT2D eigenvalue weighted by Crippen LogP contribution is 2.19. The van der Waals surface area contributed by atoms with Crippen molar-refractivity contribution in [1.29, 1.82) is 0 Å². The van der Waals surface area contributed by atoms with Crippen LogP contribution in [-0.2, 0) is 13.1 Å². The molecule has 2 aromatic heterocycles. The van der Waals surface area contributed by atoms with Gasteiger partial charge in [-0.25, -0.2) is 0 Å². The maximum atomic E-state index is 4.72. The maximum absolute atomic E-state index is 4.72. The molecule has 0 aliphatic heterocycles. The van der Waals surface area contributed by atoms with Crippen LogP contribution in [0, 0.1) is 0 Å². The molecule has 21 heavy (non-hydrogen) atoms. The van der Waals surface area contributed by atoms with Crippen molar-refractivity contribution >= 4 is 10.9 Å². The molecule has 5 heteroatoms. The number of aromatic nitrogens is 4. The minimum Gasteiger partial charge on any atom is -0.313 e. The van der Waals surface area contributed by atoms with E-state index in [1.807, 2.05) is 22.6 Å². The summed E-state index contributed by atoms with van der Waals surface area (Å²) < 4.78 is 4.00. The lowest BCUT2D eigenvalue weighted by atomic mass is 10.2. The van der Waals surface area contributed by atoms with Crippen LogP contribution in [0.15, 0.2) is 36.7 Å². The van der Waals surface area contributed by atoms with Gasteiger partial charge in [0.25, 0.3) is 0 Å². The summed E-state index contributed by atoms with van der Waals surface area (Å²) >= 11 is 0. The molecular weight excluding hydrogens is 262 g/mol. The summed E-state index contributed by atoms with van der Waals surface area (Å²) in [6, 6.07) is 8.67. The molecule has 2 heterocycles. The highest BCUT2D eigenvalue weighted by atomic mass is 15.3. The average Bonchev–Trinajstić information content (AvgIpc) is 3.12. The van der Waals surface area contributed by atoms with Gasteiger partial charge in [-0.15, -0.1) is 0 Å². The summed E-state index contributed by atoms with van der Waals surface area (Å²) in [5.41, 5.74) is 3.45. The second-order valence-corrected chi connectivity index (χ2v) is 5.26. The van der Waals surface area contributed by atoms with Gasteiger partial charge < -0.3 is 5.32 Å². The third kappa shape index (κ3) is 2.56. The first-order valence-corrected chi connectivity index (χ1v) is 7.37. The molecular formula is C16H21N5. The zero-order valence-corrected chi connectivity index (χ0v) is 12.7. The van der Waals surface area contributed by atoms with Gasteiger partial charge in [-0.2, -0.15) is 10.2 Å². The first kappa shape index (κ1) is 13.8. The molecule has 1 N–H and O–H groups in total. The third-order valence-electron chi connectivity index (χ3n) is 3.93. The maximum Gasteiger partial charge on any atom is 0.0918 e. The van der Waals surface area contributed by atoms with Crippen molar-refractivity contribution in [3.05, 3.63) is 47.9 Å². The quantitative estimate of drug-likeness (QED) is 0.783. The second-order valence-electron chi connectivity index (χ2n) is 5.26. The van der Waals surface area contributed by atoms with Gasteiger partial charge in [-0.3, -0.25) is 9.36 Å². The first-order chi connectivity index (χ1) is 10.2. The number of fused-ring (bicyclic) bond motifs is 1. The van der Waals surface area contributed by atoms with Gasteiger partial charge in [0.05, 0.1) is 24.0 Å². The highest BCUT2D eigenvalue weighted by molar-refractivity contribution is 5.81. The van der Waals surface area contributed by atoms with Gasteiger partial charge in [-0.05, 0) is 27.0 Å². The monoisotopic (exact) mass is 283 g/mol. The number of aryl methyl sites for hydroxylation is 1. The Labute approximate surface area is 124 Å². The minimum atomic E-state index is 0.309. The van der Waals surface area contributed by atoms with Gasteiger partial charge in [-0.1, -0.05) is 18.2 Å². The number of benzene rings is 1.